The number of hydrogen-bond acceptors (Lipinski definition) is 4. The Bertz CT molecular complexity index is 852. The summed E-state index contributed by atoms with van der Waals surface area (Å²) in [7, 11) is 0. The molecule has 4 nitrogen and oxygen atoms in total. The Morgan fingerprint density at radius 1 is 1.17 bits per heavy atom. The topological polar surface area (TPSA) is 72.7 Å². The first-order valence-electron chi connectivity index (χ1n) is 11.5. The Hall–Kier alpha value is -2.20. The fourth-order valence-corrected chi connectivity index (χ4v) is 4.80. The van der Waals surface area contributed by atoms with E-state index in [4.69, 9.17) is 5.84 Å². The van der Waals surface area contributed by atoms with Crippen molar-refractivity contribution in [2.75, 3.05) is 6.54 Å². The highest BCUT2D eigenvalue weighted by Crippen LogP contribution is 2.40. The van der Waals surface area contributed by atoms with Gasteiger partial charge in [0, 0.05) is 18.0 Å². The first-order valence-corrected chi connectivity index (χ1v) is 11.5. The van der Waals surface area contributed by atoms with Crippen LogP contribution in [0, 0.1) is 17.3 Å². The van der Waals surface area contributed by atoms with Crippen LogP contribution in [0.3, 0.4) is 0 Å². The van der Waals surface area contributed by atoms with Gasteiger partial charge >= 0.3 is 0 Å². The molecule has 1 aliphatic heterocycles. The van der Waals surface area contributed by atoms with E-state index in [9.17, 15) is 0 Å². The van der Waals surface area contributed by atoms with Gasteiger partial charge in [0.25, 0.3) is 0 Å². The van der Waals surface area contributed by atoms with E-state index in [1.165, 1.54) is 56.1 Å². The third-order valence-corrected chi connectivity index (χ3v) is 7.48. The van der Waals surface area contributed by atoms with Crippen LogP contribution in [0.5, 0.6) is 0 Å². The van der Waals surface area contributed by atoms with Crippen LogP contribution >= 0.6 is 0 Å². The number of benzene rings is 1. The Morgan fingerprint density at radius 3 is 2.50 bits per heavy atom. The van der Waals surface area contributed by atoms with Crippen molar-refractivity contribution in [1.82, 2.24) is 5.32 Å². The summed E-state index contributed by atoms with van der Waals surface area (Å²) in [5.74, 6) is 7.11. The zero-order valence-electron chi connectivity index (χ0n) is 18.5. The maximum absolute atomic E-state index is 5.64. The number of hydrogen-bond donors (Lipinski definition) is 2. The molecule has 1 aromatic rings. The highest BCUT2D eigenvalue weighted by molar-refractivity contribution is 6.33. The van der Waals surface area contributed by atoms with Crippen molar-refractivity contribution in [2.24, 2.45) is 33.2 Å². The minimum Gasteiger partial charge on any atom is -0.323 e. The zero-order chi connectivity index (χ0) is 21.1. The number of nitrogens with zero attached hydrogens (tertiary/aromatic N) is 2. The molecule has 2 fully saturated rings. The zero-order valence-corrected chi connectivity index (χ0v) is 18.5. The summed E-state index contributed by atoms with van der Waals surface area (Å²) in [6.45, 7) is 9.78. The van der Waals surface area contributed by atoms with E-state index in [1.807, 2.05) is 6.21 Å². The molecule has 3 aliphatic rings. The molecule has 0 amide bonds. The molecular weight excluding hydrogens is 368 g/mol. The summed E-state index contributed by atoms with van der Waals surface area (Å²) in [5.41, 5.74) is 5.86. The van der Waals surface area contributed by atoms with Gasteiger partial charge in [-0.2, -0.15) is 5.10 Å². The van der Waals surface area contributed by atoms with E-state index in [2.05, 4.69) is 66.2 Å². The van der Waals surface area contributed by atoms with Crippen LogP contribution in [0.25, 0.3) is 5.57 Å². The van der Waals surface area contributed by atoms with Crippen LogP contribution in [0.15, 0.2) is 52.6 Å². The summed E-state index contributed by atoms with van der Waals surface area (Å²) in [6.07, 6.45) is 13.5. The van der Waals surface area contributed by atoms with E-state index in [1.54, 1.807) is 5.57 Å². The summed E-state index contributed by atoms with van der Waals surface area (Å²) < 4.78 is 0. The minimum atomic E-state index is -0.113. The predicted molar refractivity (Wildman–Crippen MR) is 128 cm³/mol. The molecule has 4 heteroatoms. The third-order valence-electron chi connectivity index (χ3n) is 7.48. The van der Waals surface area contributed by atoms with E-state index in [0.29, 0.717) is 12.0 Å². The summed E-state index contributed by atoms with van der Waals surface area (Å²) >= 11 is 0. The van der Waals surface area contributed by atoms with Gasteiger partial charge in [-0.15, -0.1) is 0 Å². The molecular formula is C26H36N4. The molecule has 2 unspecified atom stereocenters. The van der Waals surface area contributed by atoms with Gasteiger partial charge in [0.1, 0.15) is 0 Å². The van der Waals surface area contributed by atoms with Gasteiger partial charge in [-0.05, 0) is 73.6 Å². The molecule has 0 radical (unpaired) electrons. The van der Waals surface area contributed by atoms with Gasteiger partial charge in [0.15, 0.2) is 0 Å². The van der Waals surface area contributed by atoms with E-state index < -0.39 is 0 Å². The second-order valence-electron chi connectivity index (χ2n) is 9.75. The lowest BCUT2D eigenvalue weighted by atomic mass is 9.77. The third kappa shape index (κ3) is 4.59. The first kappa shape index (κ1) is 21.0. The molecule has 2 aliphatic carbocycles. The molecule has 1 saturated heterocycles. The highest BCUT2D eigenvalue weighted by Gasteiger charge is 2.40. The molecule has 1 aromatic carbocycles. The van der Waals surface area contributed by atoms with Gasteiger partial charge < -0.3 is 11.2 Å². The van der Waals surface area contributed by atoms with Crippen molar-refractivity contribution in [3.05, 3.63) is 48.1 Å². The Labute approximate surface area is 181 Å². The van der Waals surface area contributed by atoms with Crippen molar-refractivity contribution in [2.45, 2.75) is 64.8 Å². The van der Waals surface area contributed by atoms with E-state index >= 15 is 0 Å². The van der Waals surface area contributed by atoms with Crippen molar-refractivity contribution < 1.29 is 0 Å². The van der Waals surface area contributed by atoms with E-state index in [-0.39, 0.29) is 5.41 Å². The standard InChI is InChI=1S/C26H36N4/c1-18(19-6-4-9-22(11-10-19)21-7-5-8-21)20-12-14-23(15-13-20)28-17-25(30-27)26(2,3)24-16-29-24/h9,12-15,17,19,21,24,29H,1,4-8,10-11,16,27H2,2-3H3/b28-17?,30-25+. The van der Waals surface area contributed by atoms with Gasteiger partial charge in [0.2, 0.25) is 0 Å². The summed E-state index contributed by atoms with van der Waals surface area (Å²) in [5, 5.41) is 7.34. The number of nitrogens with one attached hydrogen (secondary N) is 1. The number of nitrogens with two attached hydrogens (primary N) is 1. The Balaban J connectivity index is 1.36. The average Bonchev–Trinajstić information content (AvgIpc) is 3.55. The SMILES string of the molecule is C=C(c1ccc(N=C/C(=N\N)C(C)(C)C2CN2)cc1)C1CCC=C(C2CCC2)CC1. The van der Waals surface area contributed by atoms with E-state index in [0.717, 1.165) is 23.9 Å². The fourth-order valence-electron chi connectivity index (χ4n) is 4.80. The molecule has 3 N–H and O–H groups in total. The first-order chi connectivity index (χ1) is 14.5. The van der Waals surface area contributed by atoms with Crippen molar-refractivity contribution in [1.29, 1.82) is 0 Å². The van der Waals surface area contributed by atoms with Gasteiger partial charge in [0.05, 0.1) is 17.6 Å². The quantitative estimate of drug-likeness (QED) is 0.203. The molecule has 4 rings (SSSR count). The summed E-state index contributed by atoms with van der Waals surface area (Å²) in [4.78, 5) is 4.63. The lowest BCUT2D eigenvalue weighted by Gasteiger charge is -2.28. The monoisotopic (exact) mass is 404 g/mol. The Kier molecular flexibility index (Phi) is 6.24. The molecule has 0 bridgehead atoms. The van der Waals surface area contributed by atoms with Crippen LogP contribution in [0.2, 0.25) is 0 Å². The number of hydrazone groups is 1. The number of allylic oxidation sites excluding steroid dienone is 3. The second kappa shape index (κ2) is 8.89. The molecule has 30 heavy (non-hydrogen) atoms. The van der Waals surface area contributed by atoms with Crippen molar-refractivity contribution in [3.63, 3.8) is 0 Å². The lowest BCUT2D eigenvalue weighted by Crippen LogP contribution is -2.33. The smallest absolute Gasteiger partial charge is 0.0855 e. The Morgan fingerprint density at radius 2 is 1.90 bits per heavy atom. The van der Waals surface area contributed by atoms with Crippen LogP contribution in [-0.4, -0.2) is 24.5 Å². The van der Waals surface area contributed by atoms with Crippen molar-refractivity contribution in [3.8, 4) is 0 Å². The molecule has 2 atom stereocenters. The van der Waals surface area contributed by atoms with Crippen LogP contribution in [0.4, 0.5) is 5.69 Å². The number of aliphatic imine (C=N–C) groups is 1. The van der Waals surface area contributed by atoms with Gasteiger partial charge in [-0.25, -0.2) is 0 Å². The van der Waals surface area contributed by atoms with Crippen LogP contribution in [0.1, 0.15) is 64.4 Å². The highest BCUT2D eigenvalue weighted by atomic mass is 15.2. The minimum absolute atomic E-state index is 0.113. The average molecular weight is 405 g/mol. The lowest BCUT2D eigenvalue weighted by molar-refractivity contribution is 0.356. The molecule has 1 saturated carbocycles. The largest absolute Gasteiger partial charge is 0.323 e. The van der Waals surface area contributed by atoms with Gasteiger partial charge in [-0.3, -0.25) is 4.99 Å². The summed E-state index contributed by atoms with van der Waals surface area (Å²) in [6, 6.07) is 8.89. The predicted octanol–water partition coefficient (Wildman–Crippen LogP) is 5.63. The number of rotatable bonds is 7. The molecule has 160 valence electrons. The molecule has 1 heterocycles. The van der Waals surface area contributed by atoms with Gasteiger partial charge in [-0.1, -0.05) is 50.6 Å². The van der Waals surface area contributed by atoms with Crippen LogP contribution in [-0.2, 0) is 0 Å². The normalized spacial score (nSPS) is 25.5. The maximum atomic E-state index is 5.64. The maximum Gasteiger partial charge on any atom is 0.0855 e. The molecule has 0 aromatic heterocycles. The van der Waals surface area contributed by atoms with Crippen molar-refractivity contribution >= 4 is 23.2 Å². The fraction of sp³-hybridized carbons (Fsp3) is 0.538. The second-order valence-corrected chi connectivity index (χ2v) is 9.75. The van der Waals surface area contributed by atoms with Crippen LogP contribution < -0.4 is 11.2 Å². The molecule has 0 spiro atoms.